The summed E-state index contributed by atoms with van der Waals surface area (Å²) in [5, 5.41) is 14.1. The van der Waals surface area contributed by atoms with Crippen LogP contribution < -0.4 is 10.1 Å². The van der Waals surface area contributed by atoms with Gasteiger partial charge < -0.3 is 14.5 Å². The van der Waals surface area contributed by atoms with Gasteiger partial charge in [-0.25, -0.2) is 0 Å². The number of carbonyl (C=O) groups excluding carboxylic acids is 1. The number of rotatable bonds is 8. The Hall–Kier alpha value is -3.56. The van der Waals surface area contributed by atoms with E-state index in [1.165, 1.54) is 30.0 Å². The van der Waals surface area contributed by atoms with E-state index < -0.39 is 10.8 Å². The van der Waals surface area contributed by atoms with E-state index in [1.54, 1.807) is 12.1 Å². The molecule has 0 spiro atoms. The molecule has 0 atom stereocenters. The molecule has 1 amide bonds. The molecule has 34 heavy (non-hydrogen) atoms. The molecule has 0 radical (unpaired) electrons. The Morgan fingerprint density at radius 2 is 1.82 bits per heavy atom. The summed E-state index contributed by atoms with van der Waals surface area (Å²) in [4.78, 5) is 25.2. The fraction of sp³-hybridized carbons (Fsp3) is 0.0800. The number of carbonyl (C=O) groups is 1. The third-order valence-electron chi connectivity index (χ3n) is 4.71. The number of furan rings is 1. The van der Waals surface area contributed by atoms with E-state index in [1.807, 2.05) is 55.5 Å². The van der Waals surface area contributed by atoms with Gasteiger partial charge in [0, 0.05) is 27.6 Å². The Bertz CT molecular complexity index is 1340. The van der Waals surface area contributed by atoms with Crippen LogP contribution >= 0.6 is 27.7 Å². The molecule has 4 rings (SSSR count). The number of non-ortho nitro benzene ring substituents is 1. The number of nitrogens with one attached hydrogen (secondary N) is 1. The number of ether oxygens (including phenoxy) is 1. The highest BCUT2D eigenvalue weighted by Crippen LogP contribution is 2.33. The van der Waals surface area contributed by atoms with Crippen molar-refractivity contribution in [1.29, 1.82) is 0 Å². The summed E-state index contributed by atoms with van der Waals surface area (Å²) < 4.78 is 12.1. The minimum Gasteiger partial charge on any atom is -0.484 e. The third kappa shape index (κ3) is 6.06. The Morgan fingerprint density at radius 3 is 2.56 bits per heavy atom. The molecule has 0 fully saturated rings. The molecular weight excluding hydrogens is 520 g/mol. The van der Waals surface area contributed by atoms with Crippen molar-refractivity contribution >= 4 is 45.0 Å². The lowest BCUT2D eigenvalue weighted by Crippen LogP contribution is -2.11. The van der Waals surface area contributed by atoms with E-state index in [0.717, 1.165) is 14.9 Å². The van der Waals surface area contributed by atoms with Crippen LogP contribution in [-0.2, 0) is 6.61 Å². The van der Waals surface area contributed by atoms with Gasteiger partial charge in [0.2, 0.25) is 0 Å². The summed E-state index contributed by atoms with van der Waals surface area (Å²) in [6.07, 6.45) is 0. The van der Waals surface area contributed by atoms with Gasteiger partial charge in [-0.05, 0) is 65.3 Å². The third-order valence-corrected chi connectivity index (χ3v) is 6.34. The topological polar surface area (TPSA) is 94.6 Å². The number of hydrogen-bond acceptors (Lipinski definition) is 6. The largest absolute Gasteiger partial charge is 0.484 e. The lowest BCUT2D eigenvalue weighted by atomic mass is 10.2. The maximum absolute atomic E-state index is 12.7. The zero-order valence-electron chi connectivity index (χ0n) is 18.0. The second-order valence-corrected chi connectivity index (χ2v) is 9.33. The molecule has 0 aliphatic carbocycles. The maximum atomic E-state index is 12.7. The monoisotopic (exact) mass is 538 g/mol. The number of benzene rings is 3. The lowest BCUT2D eigenvalue weighted by Gasteiger charge is -2.08. The molecule has 4 aromatic rings. The minimum absolute atomic E-state index is 0.0740. The van der Waals surface area contributed by atoms with Crippen LogP contribution in [-0.4, -0.2) is 10.8 Å². The number of nitro groups is 1. The van der Waals surface area contributed by atoms with E-state index in [2.05, 4.69) is 21.2 Å². The van der Waals surface area contributed by atoms with Crippen LogP contribution in [0.25, 0.3) is 0 Å². The van der Waals surface area contributed by atoms with Gasteiger partial charge in [0.05, 0.1) is 9.40 Å². The second kappa shape index (κ2) is 10.6. The number of hydrogen-bond donors (Lipinski definition) is 1. The summed E-state index contributed by atoms with van der Waals surface area (Å²) in [5.74, 6) is 0.680. The maximum Gasteiger partial charge on any atom is 0.291 e. The van der Waals surface area contributed by atoms with E-state index in [0.29, 0.717) is 22.1 Å². The highest BCUT2D eigenvalue weighted by molar-refractivity contribution is 9.10. The smallest absolute Gasteiger partial charge is 0.291 e. The molecule has 9 heteroatoms. The average molecular weight is 539 g/mol. The standard InChI is InChI=1S/C25H19BrN2O5S/c1-16-6-9-20(10-7-16)34-21-13-17(12-18(14-21)28(30)31)27-25(29)24-11-8-19(33-24)15-32-23-5-3-2-4-22(23)26/h2-14H,15H2,1H3,(H,27,29). The Morgan fingerprint density at radius 1 is 1.06 bits per heavy atom. The summed E-state index contributed by atoms with van der Waals surface area (Å²) >= 11 is 4.79. The van der Waals surface area contributed by atoms with Gasteiger partial charge in [-0.2, -0.15) is 0 Å². The Labute approximate surface area is 208 Å². The van der Waals surface area contributed by atoms with Gasteiger partial charge in [-0.1, -0.05) is 41.6 Å². The molecule has 3 aromatic carbocycles. The van der Waals surface area contributed by atoms with E-state index in [-0.39, 0.29) is 18.1 Å². The lowest BCUT2D eigenvalue weighted by molar-refractivity contribution is -0.385. The van der Waals surface area contributed by atoms with Gasteiger partial charge >= 0.3 is 0 Å². The van der Waals surface area contributed by atoms with Gasteiger partial charge in [0.25, 0.3) is 11.6 Å². The first-order valence-electron chi connectivity index (χ1n) is 10.2. The SMILES string of the molecule is Cc1ccc(Sc2cc(NC(=O)c3ccc(COc4ccccc4Br)o3)cc([N+](=O)[O-])c2)cc1. The minimum atomic E-state index is -0.515. The predicted molar refractivity (Wildman–Crippen MR) is 134 cm³/mol. The van der Waals surface area contributed by atoms with Crippen molar-refractivity contribution in [3.63, 3.8) is 0 Å². The summed E-state index contributed by atoms with van der Waals surface area (Å²) in [6.45, 7) is 2.13. The number of amides is 1. The molecule has 0 saturated carbocycles. The fourth-order valence-corrected chi connectivity index (χ4v) is 4.35. The van der Waals surface area contributed by atoms with Crippen molar-refractivity contribution in [3.05, 3.63) is 111 Å². The molecule has 0 unspecified atom stereocenters. The number of aryl methyl sites for hydroxylation is 1. The molecule has 7 nitrogen and oxygen atoms in total. The van der Waals surface area contributed by atoms with Gasteiger partial charge in [0.15, 0.2) is 5.76 Å². The number of nitro benzene ring substituents is 1. The van der Waals surface area contributed by atoms with Gasteiger partial charge in [-0.3, -0.25) is 14.9 Å². The molecule has 0 aliphatic heterocycles. The van der Waals surface area contributed by atoms with Crippen molar-refractivity contribution < 1.29 is 18.9 Å². The number of anilines is 1. The van der Waals surface area contributed by atoms with E-state index in [4.69, 9.17) is 9.15 Å². The first-order valence-corrected chi connectivity index (χ1v) is 11.8. The van der Waals surface area contributed by atoms with Crippen LogP contribution in [0.4, 0.5) is 11.4 Å². The first kappa shape index (κ1) is 23.6. The molecule has 0 bridgehead atoms. The predicted octanol–water partition coefficient (Wildman–Crippen LogP) is 7.24. The Balaban J connectivity index is 1.46. The number of nitrogens with zero attached hydrogens (tertiary/aromatic N) is 1. The molecular formula is C25H19BrN2O5S. The van der Waals surface area contributed by atoms with Gasteiger partial charge in [-0.15, -0.1) is 0 Å². The summed E-state index contributed by atoms with van der Waals surface area (Å²) in [7, 11) is 0. The van der Waals surface area contributed by atoms with Crippen LogP contribution in [0.1, 0.15) is 21.9 Å². The molecule has 1 aromatic heterocycles. The molecule has 0 aliphatic rings. The van der Waals surface area contributed by atoms with Crippen molar-refractivity contribution in [2.45, 2.75) is 23.3 Å². The van der Waals surface area contributed by atoms with Crippen LogP contribution in [0, 0.1) is 17.0 Å². The van der Waals surface area contributed by atoms with Crippen molar-refractivity contribution in [2.75, 3.05) is 5.32 Å². The van der Waals surface area contributed by atoms with Crippen molar-refractivity contribution in [3.8, 4) is 5.75 Å². The summed E-state index contributed by atoms with van der Waals surface area (Å²) in [5.41, 5.74) is 1.31. The number of halogens is 1. The first-order chi connectivity index (χ1) is 16.4. The molecule has 0 saturated heterocycles. The quantitative estimate of drug-likeness (QED) is 0.187. The second-order valence-electron chi connectivity index (χ2n) is 7.33. The van der Waals surface area contributed by atoms with Crippen LogP contribution in [0.3, 0.4) is 0 Å². The van der Waals surface area contributed by atoms with Crippen LogP contribution in [0.15, 0.2) is 97.5 Å². The zero-order valence-corrected chi connectivity index (χ0v) is 20.4. The van der Waals surface area contributed by atoms with Crippen LogP contribution in [0.2, 0.25) is 0 Å². The highest BCUT2D eigenvalue weighted by atomic mass is 79.9. The van der Waals surface area contributed by atoms with Gasteiger partial charge in [0.1, 0.15) is 18.1 Å². The van der Waals surface area contributed by atoms with E-state index >= 15 is 0 Å². The highest BCUT2D eigenvalue weighted by Gasteiger charge is 2.16. The van der Waals surface area contributed by atoms with Crippen LogP contribution in [0.5, 0.6) is 5.75 Å². The molecule has 1 N–H and O–H groups in total. The number of para-hydroxylation sites is 1. The normalized spacial score (nSPS) is 10.6. The van der Waals surface area contributed by atoms with Crippen molar-refractivity contribution in [2.24, 2.45) is 0 Å². The Kier molecular flexibility index (Phi) is 7.34. The van der Waals surface area contributed by atoms with E-state index in [9.17, 15) is 14.9 Å². The average Bonchev–Trinajstić information content (AvgIpc) is 3.29. The molecule has 1 heterocycles. The molecule has 172 valence electrons. The summed E-state index contributed by atoms with van der Waals surface area (Å²) in [6, 6.07) is 22.9. The fourth-order valence-electron chi connectivity index (χ4n) is 3.04. The zero-order chi connectivity index (χ0) is 24.1. The van der Waals surface area contributed by atoms with Crippen molar-refractivity contribution in [1.82, 2.24) is 0 Å².